The molecule has 2 aromatic rings. The minimum absolute atomic E-state index is 0.0215. The molecule has 0 aliphatic carbocycles. The third-order valence-corrected chi connectivity index (χ3v) is 4.86. The molecule has 5 heteroatoms. The van der Waals surface area contributed by atoms with Crippen molar-refractivity contribution in [1.29, 1.82) is 0 Å². The van der Waals surface area contributed by atoms with Crippen LogP contribution >= 0.6 is 0 Å². The Morgan fingerprint density at radius 2 is 1.78 bits per heavy atom. The van der Waals surface area contributed by atoms with Gasteiger partial charge in [0.1, 0.15) is 0 Å². The van der Waals surface area contributed by atoms with Crippen molar-refractivity contribution < 1.29 is 9.59 Å². The van der Waals surface area contributed by atoms with E-state index >= 15 is 0 Å². The van der Waals surface area contributed by atoms with Gasteiger partial charge in [-0.1, -0.05) is 30.3 Å². The molecular formula is C22H27N3O2. The normalized spacial score (nSPS) is 13.4. The van der Waals surface area contributed by atoms with Gasteiger partial charge in [0.15, 0.2) is 0 Å². The maximum atomic E-state index is 12.9. The van der Waals surface area contributed by atoms with E-state index < -0.39 is 0 Å². The smallest absolute Gasteiger partial charge is 0.254 e. The summed E-state index contributed by atoms with van der Waals surface area (Å²) in [6, 6.07) is 15.3. The molecule has 1 heterocycles. The fraction of sp³-hybridized carbons (Fsp3) is 0.364. The highest BCUT2D eigenvalue weighted by molar-refractivity contribution is 5.99. The van der Waals surface area contributed by atoms with Crippen molar-refractivity contribution in [3.8, 4) is 0 Å². The lowest BCUT2D eigenvalue weighted by Crippen LogP contribution is -2.36. The SMILES string of the molecule is CN(C)CCCNC(=O)c1cccc(C(=O)N2CCc3ccccc3C2)c1. The Balaban J connectivity index is 1.63. The summed E-state index contributed by atoms with van der Waals surface area (Å²) >= 11 is 0. The van der Waals surface area contributed by atoms with Gasteiger partial charge in [0, 0.05) is 30.8 Å². The van der Waals surface area contributed by atoms with E-state index in [0.717, 1.165) is 19.4 Å². The van der Waals surface area contributed by atoms with Crippen molar-refractivity contribution in [1.82, 2.24) is 15.1 Å². The number of rotatable bonds is 6. The Morgan fingerprint density at radius 1 is 1.04 bits per heavy atom. The molecule has 1 N–H and O–H groups in total. The molecule has 142 valence electrons. The number of hydrogen-bond acceptors (Lipinski definition) is 3. The van der Waals surface area contributed by atoms with Crippen LogP contribution in [0.3, 0.4) is 0 Å². The topological polar surface area (TPSA) is 52.7 Å². The minimum atomic E-state index is -0.132. The molecule has 1 aliphatic heterocycles. The predicted octanol–water partition coefficient (Wildman–Crippen LogP) is 2.57. The Morgan fingerprint density at radius 3 is 2.56 bits per heavy atom. The second kappa shape index (κ2) is 8.82. The van der Waals surface area contributed by atoms with Crippen molar-refractivity contribution in [3.05, 3.63) is 70.8 Å². The van der Waals surface area contributed by atoms with Gasteiger partial charge < -0.3 is 15.1 Å². The van der Waals surface area contributed by atoms with Gasteiger partial charge in [-0.15, -0.1) is 0 Å². The first-order valence-electron chi connectivity index (χ1n) is 9.43. The first-order valence-corrected chi connectivity index (χ1v) is 9.43. The maximum Gasteiger partial charge on any atom is 0.254 e. The second-order valence-electron chi connectivity index (χ2n) is 7.24. The zero-order valence-corrected chi connectivity index (χ0v) is 16.1. The largest absolute Gasteiger partial charge is 0.352 e. The average molecular weight is 365 g/mol. The Bertz CT molecular complexity index is 817. The summed E-state index contributed by atoms with van der Waals surface area (Å²) in [5, 5.41) is 2.92. The van der Waals surface area contributed by atoms with Gasteiger partial charge in [0.25, 0.3) is 11.8 Å². The average Bonchev–Trinajstić information content (AvgIpc) is 2.70. The molecule has 0 atom stereocenters. The molecule has 0 radical (unpaired) electrons. The summed E-state index contributed by atoms with van der Waals surface area (Å²) in [6.07, 6.45) is 1.76. The lowest BCUT2D eigenvalue weighted by molar-refractivity contribution is 0.0734. The molecule has 0 fully saturated rings. The zero-order chi connectivity index (χ0) is 19.2. The van der Waals surface area contributed by atoms with Crippen molar-refractivity contribution in [2.75, 3.05) is 33.7 Å². The van der Waals surface area contributed by atoms with Crippen LogP contribution in [-0.4, -0.2) is 55.3 Å². The van der Waals surface area contributed by atoms with Crippen molar-refractivity contribution >= 4 is 11.8 Å². The monoisotopic (exact) mass is 365 g/mol. The maximum absolute atomic E-state index is 12.9. The highest BCUT2D eigenvalue weighted by Crippen LogP contribution is 2.20. The molecule has 27 heavy (non-hydrogen) atoms. The molecule has 1 aliphatic rings. The molecule has 0 spiro atoms. The first kappa shape index (κ1) is 19.1. The predicted molar refractivity (Wildman–Crippen MR) is 107 cm³/mol. The number of nitrogens with zero attached hydrogens (tertiary/aromatic N) is 2. The van der Waals surface area contributed by atoms with Crippen LogP contribution in [0.5, 0.6) is 0 Å². The van der Waals surface area contributed by atoms with Gasteiger partial charge in [-0.05, 0) is 62.8 Å². The number of nitrogens with one attached hydrogen (secondary N) is 1. The number of hydrogen-bond donors (Lipinski definition) is 1. The van der Waals surface area contributed by atoms with Crippen LogP contribution < -0.4 is 5.32 Å². The van der Waals surface area contributed by atoms with Crippen LogP contribution in [0.2, 0.25) is 0 Å². The van der Waals surface area contributed by atoms with E-state index in [1.807, 2.05) is 31.1 Å². The Labute approximate surface area is 161 Å². The third-order valence-electron chi connectivity index (χ3n) is 4.86. The van der Waals surface area contributed by atoms with Crippen molar-refractivity contribution in [2.45, 2.75) is 19.4 Å². The van der Waals surface area contributed by atoms with Gasteiger partial charge in [0.05, 0.1) is 0 Å². The summed E-state index contributed by atoms with van der Waals surface area (Å²) in [5.41, 5.74) is 3.61. The van der Waals surface area contributed by atoms with E-state index in [-0.39, 0.29) is 11.8 Å². The van der Waals surface area contributed by atoms with Crippen LogP contribution in [0.25, 0.3) is 0 Å². The molecule has 0 unspecified atom stereocenters. The number of benzene rings is 2. The van der Waals surface area contributed by atoms with E-state index in [9.17, 15) is 9.59 Å². The van der Waals surface area contributed by atoms with E-state index in [0.29, 0.717) is 30.8 Å². The van der Waals surface area contributed by atoms with E-state index in [2.05, 4.69) is 22.3 Å². The lowest BCUT2D eigenvalue weighted by Gasteiger charge is -2.29. The molecule has 3 rings (SSSR count). The van der Waals surface area contributed by atoms with Crippen molar-refractivity contribution in [3.63, 3.8) is 0 Å². The highest BCUT2D eigenvalue weighted by atomic mass is 16.2. The molecule has 0 saturated carbocycles. The molecule has 2 amide bonds. The molecule has 0 aromatic heterocycles. The second-order valence-corrected chi connectivity index (χ2v) is 7.24. The zero-order valence-electron chi connectivity index (χ0n) is 16.1. The first-order chi connectivity index (χ1) is 13.0. The molecule has 0 bridgehead atoms. The number of amides is 2. The van der Waals surface area contributed by atoms with Gasteiger partial charge >= 0.3 is 0 Å². The van der Waals surface area contributed by atoms with Gasteiger partial charge in [-0.3, -0.25) is 9.59 Å². The highest BCUT2D eigenvalue weighted by Gasteiger charge is 2.22. The quantitative estimate of drug-likeness (QED) is 0.801. The number of fused-ring (bicyclic) bond motifs is 1. The van der Waals surface area contributed by atoms with Crippen LogP contribution in [0, 0.1) is 0 Å². The molecule has 5 nitrogen and oxygen atoms in total. The standard InChI is InChI=1S/C22H27N3O2/c1-24(2)13-6-12-23-21(26)18-9-5-10-19(15-18)22(27)25-14-11-17-7-3-4-8-20(17)16-25/h3-5,7-10,15H,6,11-14,16H2,1-2H3,(H,23,26). The minimum Gasteiger partial charge on any atom is -0.352 e. The summed E-state index contributed by atoms with van der Waals surface area (Å²) in [6.45, 7) is 2.88. The summed E-state index contributed by atoms with van der Waals surface area (Å²) in [5.74, 6) is -0.154. The molecular weight excluding hydrogens is 338 g/mol. The van der Waals surface area contributed by atoms with Gasteiger partial charge in [-0.25, -0.2) is 0 Å². The van der Waals surface area contributed by atoms with Gasteiger partial charge in [0.2, 0.25) is 0 Å². The summed E-state index contributed by atoms with van der Waals surface area (Å²) in [7, 11) is 4.02. The van der Waals surface area contributed by atoms with E-state index in [1.54, 1.807) is 24.3 Å². The third kappa shape index (κ3) is 4.95. The Kier molecular flexibility index (Phi) is 6.24. The van der Waals surface area contributed by atoms with Crippen LogP contribution in [0.4, 0.5) is 0 Å². The van der Waals surface area contributed by atoms with Crippen molar-refractivity contribution in [2.24, 2.45) is 0 Å². The van der Waals surface area contributed by atoms with Crippen LogP contribution in [0.15, 0.2) is 48.5 Å². The lowest BCUT2D eigenvalue weighted by atomic mass is 9.99. The van der Waals surface area contributed by atoms with Crippen LogP contribution in [0.1, 0.15) is 38.3 Å². The fourth-order valence-corrected chi connectivity index (χ4v) is 3.34. The number of carbonyl (C=O) groups is 2. The molecule has 0 saturated heterocycles. The van der Waals surface area contributed by atoms with E-state index in [4.69, 9.17) is 0 Å². The van der Waals surface area contributed by atoms with Crippen LogP contribution in [-0.2, 0) is 13.0 Å². The Hall–Kier alpha value is -2.66. The fourth-order valence-electron chi connectivity index (χ4n) is 3.34. The molecule has 2 aromatic carbocycles. The van der Waals surface area contributed by atoms with Gasteiger partial charge in [-0.2, -0.15) is 0 Å². The summed E-state index contributed by atoms with van der Waals surface area (Å²) < 4.78 is 0. The number of carbonyl (C=O) groups excluding carboxylic acids is 2. The van der Waals surface area contributed by atoms with E-state index in [1.165, 1.54) is 11.1 Å². The summed E-state index contributed by atoms with van der Waals surface area (Å²) in [4.78, 5) is 29.2.